The molecule has 0 spiro atoms. The minimum absolute atomic E-state index is 1.05. The van der Waals surface area contributed by atoms with Gasteiger partial charge in [0.1, 0.15) is 5.65 Å². The Labute approximate surface area is 78.4 Å². The van der Waals surface area contributed by atoms with E-state index >= 15 is 0 Å². The van der Waals surface area contributed by atoms with E-state index in [4.69, 9.17) is 0 Å². The molecule has 0 radical (unpaired) electrons. The molecule has 0 N–H and O–H groups in total. The Balaban J connectivity index is 2.92. The molecule has 2 nitrogen and oxygen atoms in total. The van der Waals surface area contributed by atoms with Crippen molar-refractivity contribution in [1.82, 2.24) is 9.55 Å². The number of pyridine rings is 1. The summed E-state index contributed by atoms with van der Waals surface area (Å²) in [5.41, 5.74) is 1.05. The van der Waals surface area contributed by atoms with Crippen molar-refractivity contribution >= 4 is 33.6 Å². The first kappa shape index (κ1) is 7.09. The van der Waals surface area contributed by atoms with E-state index in [2.05, 4.69) is 44.3 Å². The quantitative estimate of drug-likeness (QED) is 0.662. The van der Waals surface area contributed by atoms with Crippen molar-refractivity contribution in [2.75, 3.05) is 0 Å². The van der Waals surface area contributed by atoms with Crippen molar-refractivity contribution in [2.24, 2.45) is 7.05 Å². The van der Waals surface area contributed by atoms with Gasteiger partial charge in [-0.15, -0.1) is 0 Å². The number of fused-ring (bicyclic) bond motifs is 1. The molecule has 0 aromatic carbocycles. The highest BCUT2D eigenvalue weighted by molar-refractivity contribution is 14.1. The number of halogens is 1. The topological polar surface area (TPSA) is 17.8 Å². The average molecular weight is 258 g/mol. The summed E-state index contributed by atoms with van der Waals surface area (Å²) >= 11 is 2.30. The monoisotopic (exact) mass is 258 g/mol. The Morgan fingerprint density at radius 3 is 3.09 bits per heavy atom. The number of aromatic nitrogens is 2. The molecule has 2 rings (SSSR count). The van der Waals surface area contributed by atoms with Crippen LogP contribution in [0.2, 0.25) is 0 Å². The predicted molar refractivity (Wildman–Crippen MR) is 53.4 cm³/mol. The number of rotatable bonds is 0. The van der Waals surface area contributed by atoms with Crippen LogP contribution in [-0.2, 0) is 7.05 Å². The normalized spacial score (nSPS) is 10.7. The van der Waals surface area contributed by atoms with Gasteiger partial charge >= 0.3 is 0 Å². The fourth-order valence-electron chi connectivity index (χ4n) is 1.13. The Hall–Kier alpha value is -0.580. The van der Waals surface area contributed by atoms with Gasteiger partial charge in [-0.1, -0.05) is 0 Å². The summed E-state index contributed by atoms with van der Waals surface area (Å²) in [4.78, 5) is 4.26. The van der Waals surface area contributed by atoms with E-state index in [1.54, 1.807) is 0 Å². The first-order valence-electron chi connectivity index (χ1n) is 3.35. The molecule has 0 fully saturated rings. The fourth-order valence-corrected chi connectivity index (χ4v) is 1.69. The third-order valence-corrected chi connectivity index (χ3v) is 2.76. The average Bonchev–Trinajstić information content (AvgIpc) is 2.30. The molecule has 56 valence electrons. The zero-order chi connectivity index (χ0) is 7.84. The molecule has 0 aliphatic rings. The summed E-state index contributed by atoms with van der Waals surface area (Å²) in [7, 11) is 2.02. The van der Waals surface area contributed by atoms with Gasteiger partial charge in [0, 0.05) is 18.6 Å². The van der Waals surface area contributed by atoms with Crippen molar-refractivity contribution in [1.29, 1.82) is 0 Å². The molecule has 2 aromatic rings. The maximum absolute atomic E-state index is 4.26. The van der Waals surface area contributed by atoms with E-state index < -0.39 is 0 Å². The Morgan fingerprint density at radius 1 is 1.55 bits per heavy atom. The van der Waals surface area contributed by atoms with Crippen LogP contribution in [0, 0.1) is 3.70 Å². The van der Waals surface area contributed by atoms with Crippen LogP contribution in [-0.4, -0.2) is 9.55 Å². The van der Waals surface area contributed by atoms with Crippen molar-refractivity contribution in [2.45, 2.75) is 0 Å². The summed E-state index contributed by atoms with van der Waals surface area (Å²) < 4.78 is 3.30. The summed E-state index contributed by atoms with van der Waals surface area (Å²) in [6.45, 7) is 0. The van der Waals surface area contributed by atoms with E-state index in [1.165, 1.54) is 9.09 Å². The second-order valence-electron chi connectivity index (χ2n) is 2.44. The van der Waals surface area contributed by atoms with Crippen LogP contribution < -0.4 is 0 Å². The van der Waals surface area contributed by atoms with Crippen LogP contribution in [0.1, 0.15) is 0 Å². The predicted octanol–water partition coefficient (Wildman–Crippen LogP) is 2.18. The summed E-state index contributed by atoms with van der Waals surface area (Å²) in [5, 5.41) is 1.21. The molecule has 3 heteroatoms. The highest BCUT2D eigenvalue weighted by Gasteiger charge is 2.01. The first-order chi connectivity index (χ1) is 5.29. The molecular weight excluding hydrogens is 251 g/mol. The minimum atomic E-state index is 1.05. The van der Waals surface area contributed by atoms with Crippen LogP contribution in [0.5, 0.6) is 0 Å². The van der Waals surface area contributed by atoms with E-state index in [0.29, 0.717) is 0 Å². The van der Waals surface area contributed by atoms with Crippen molar-refractivity contribution in [3.63, 3.8) is 0 Å². The number of hydrogen-bond acceptors (Lipinski definition) is 1. The van der Waals surface area contributed by atoms with Crippen LogP contribution in [0.4, 0.5) is 0 Å². The van der Waals surface area contributed by atoms with Crippen molar-refractivity contribution in [3.8, 4) is 0 Å². The van der Waals surface area contributed by atoms with Crippen LogP contribution >= 0.6 is 22.6 Å². The maximum Gasteiger partial charge on any atom is 0.140 e. The first-order valence-corrected chi connectivity index (χ1v) is 4.43. The van der Waals surface area contributed by atoms with Crippen molar-refractivity contribution in [3.05, 3.63) is 28.1 Å². The molecular formula is C8H7IN2. The van der Waals surface area contributed by atoms with Gasteiger partial charge in [-0.3, -0.25) is 0 Å². The van der Waals surface area contributed by atoms with Gasteiger partial charge in [0.05, 0.1) is 3.70 Å². The lowest BCUT2D eigenvalue weighted by atomic mass is 10.3. The fraction of sp³-hybridized carbons (Fsp3) is 0.125. The Bertz CT molecular complexity index is 392. The zero-order valence-electron chi connectivity index (χ0n) is 6.08. The molecule has 11 heavy (non-hydrogen) atoms. The van der Waals surface area contributed by atoms with E-state index in [0.717, 1.165) is 5.65 Å². The lowest BCUT2D eigenvalue weighted by Crippen LogP contribution is -1.90. The molecule has 0 aliphatic heterocycles. The third-order valence-electron chi connectivity index (χ3n) is 1.73. The minimum Gasteiger partial charge on any atom is -0.324 e. The largest absolute Gasteiger partial charge is 0.324 e. The summed E-state index contributed by atoms with van der Waals surface area (Å²) in [6, 6.07) is 6.16. The SMILES string of the molecule is Cn1c(I)cc2cccnc21. The standard InChI is InChI=1S/C8H7IN2/c1-11-7(9)5-6-3-2-4-10-8(6)11/h2-5H,1H3. The lowest BCUT2D eigenvalue weighted by Gasteiger charge is -1.94. The lowest BCUT2D eigenvalue weighted by molar-refractivity contribution is 0.920. The van der Waals surface area contributed by atoms with E-state index in [1.807, 2.05) is 19.3 Å². The molecule has 0 unspecified atom stereocenters. The van der Waals surface area contributed by atoms with Crippen molar-refractivity contribution < 1.29 is 0 Å². The molecule has 0 aliphatic carbocycles. The Kier molecular flexibility index (Phi) is 1.60. The van der Waals surface area contributed by atoms with Crippen LogP contribution in [0.25, 0.3) is 11.0 Å². The summed E-state index contributed by atoms with van der Waals surface area (Å²) in [5.74, 6) is 0. The van der Waals surface area contributed by atoms with E-state index in [-0.39, 0.29) is 0 Å². The van der Waals surface area contributed by atoms with Gasteiger partial charge in [-0.2, -0.15) is 0 Å². The second-order valence-corrected chi connectivity index (χ2v) is 3.55. The number of nitrogens with zero attached hydrogens (tertiary/aromatic N) is 2. The molecule has 0 bridgehead atoms. The molecule has 0 saturated carbocycles. The second kappa shape index (κ2) is 2.48. The van der Waals surface area contributed by atoms with Gasteiger partial charge < -0.3 is 4.57 Å². The summed E-state index contributed by atoms with van der Waals surface area (Å²) in [6.07, 6.45) is 1.82. The highest BCUT2D eigenvalue weighted by atomic mass is 127. The van der Waals surface area contributed by atoms with Gasteiger partial charge in [-0.05, 0) is 40.8 Å². The number of aryl methyl sites for hydroxylation is 1. The third kappa shape index (κ3) is 1.03. The Morgan fingerprint density at radius 2 is 2.36 bits per heavy atom. The molecule has 2 aromatic heterocycles. The smallest absolute Gasteiger partial charge is 0.140 e. The molecule has 0 atom stereocenters. The van der Waals surface area contributed by atoms with Crippen LogP contribution in [0.3, 0.4) is 0 Å². The number of hydrogen-bond donors (Lipinski definition) is 0. The zero-order valence-corrected chi connectivity index (χ0v) is 8.24. The van der Waals surface area contributed by atoms with Crippen LogP contribution in [0.15, 0.2) is 24.4 Å². The van der Waals surface area contributed by atoms with Gasteiger partial charge in [0.15, 0.2) is 0 Å². The highest BCUT2D eigenvalue weighted by Crippen LogP contribution is 2.16. The molecule has 2 heterocycles. The molecule has 0 amide bonds. The maximum atomic E-state index is 4.26. The van der Waals surface area contributed by atoms with Gasteiger partial charge in [-0.25, -0.2) is 4.98 Å². The van der Waals surface area contributed by atoms with Gasteiger partial charge in [0.2, 0.25) is 0 Å². The van der Waals surface area contributed by atoms with Gasteiger partial charge in [0.25, 0.3) is 0 Å². The van der Waals surface area contributed by atoms with E-state index in [9.17, 15) is 0 Å². The molecule has 0 saturated heterocycles.